The van der Waals surface area contributed by atoms with E-state index in [9.17, 15) is 0 Å². The summed E-state index contributed by atoms with van der Waals surface area (Å²) in [4.78, 5) is 0. The summed E-state index contributed by atoms with van der Waals surface area (Å²) >= 11 is 4.98. The van der Waals surface area contributed by atoms with Crippen LogP contribution < -0.4 is 0 Å². The summed E-state index contributed by atoms with van der Waals surface area (Å²) in [5, 5.41) is 0. The van der Waals surface area contributed by atoms with Gasteiger partial charge in [-0.15, -0.1) is 8.19 Å². The number of allylic oxidation sites excluding steroid dienone is 2. The first-order chi connectivity index (χ1) is 12.7. The Kier molecular flexibility index (Phi) is 11.5. The van der Waals surface area contributed by atoms with Gasteiger partial charge in [-0.2, -0.15) is 0 Å². The lowest BCUT2D eigenvalue weighted by atomic mass is 9.89. The molecular formula is C22H33I2OP. The van der Waals surface area contributed by atoms with E-state index in [0.717, 1.165) is 21.2 Å². The quantitative estimate of drug-likeness (QED) is 0.163. The second-order valence-corrected chi connectivity index (χ2v) is 12.8. The third-order valence-corrected chi connectivity index (χ3v) is 8.47. The Morgan fingerprint density at radius 2 is 1.62 bits per heavy atom. The van der Waals surface area contributed by atoms with E-state index in [-0.39, 0.29) is 5.60 Å². The molecule has 4 heteroatoms. The van der Waals surface area contributed by atoms with Gasteiger partial charge in [0, 0.05) is 25.2 Å². The fourth-order valence-electron chi connectivity index (χ4n) is 3.54. The number of hydrogen-bond donors (Lipinski definition) is 0. The van der Waals surface area contributed by atoms with Crippen molar-refractivity contribution in [3.63, 3.8) is 0 Å². The lowest BCUT2D eigenvalue weighted by Gasteiger charge is -2.32. The molecule has 1 aromatic rings. The van der Waals surface area contributed by atoms with Crippen molar-refractivity contribution in [2.24, 2.45) is 0 Å². The number of hydrogen-bond acceptors (Lipinski definition) is 1. The second kappa shape index (κ2) is 13.0. The van der Waals surface area contributed by atoms with Crippen LogP contribution in [0, 0.1) is 6.60 Å². The summed E-state index contributed by atoms with van der Waals surface area (Å²) in [6.07, 6.45) is 23.5. The molecule has 1 nitrogen and oxygen atoms in total. The molecule has 1 heterocycles. The van der Waals surface area contributed by atoms with Crippen molar-refractivity contribution in [1.29, 1.82) is 0 Å². The van der Waals surface area contributed by atoms with Crippen LogP contribution in [-0.4, -0.2) is 6.61 Å². The fourth-order valence-corrected chi connectivity index (χ4v) is 8.53. The number of unbranched alkanes of at least 4 members (excludes halogenated alkanes) is 9. The van der Waals surface area contributed by atoms with Crippen molar-refractivity contribution < 1.29 is 4.74 Å². The van der Waals surface area contributed by atoms with E-state index < -0.39 is 0 Å². The number of ether oxygens (including phenoxy) is 1. The first kappa shape index (κ1) is 23.0. The maximum Gasteiger partial charge on any atom is 0.116 e. The first-order valence-electron chi connectivity index (χ1n) is 10.2. The third kappa shape index (κ3) is 7.60. The molecule has 2 rings (SSSR count). The van der Waals surface area contributed by atoms with E-state index in [1.54, 1.807) is 0 Å². The Labute approximate surface area is 189 Å². The lowest BCUT2D eigenvalue weighted by Crippen LogP contribution is -2.29. The van der Waals surface area contributed by atoms with Crippen LogP contribution in [-0.2, 0) is 10.3 Å². The highest BCUT2D eigenvalue weighted by molar-refractivity contribution is 14.1. The standard InChI is InChI=1S/C22H33I2OP/c1-2-3-4-5-6-7-8-9-10-14-17-25-22(15-12-11-13-16-22)19-18-20(23)26-21(19)24/h11-13,15,18,26H,2-10,14,16-17H2,1H3. The Hall–Kier alpha value is 0.680. The summed E-state index contributed by atoms with van der Waals surface area (Å²) in [7, 11) is 0.822. The predicted octanol–water partition coefficient (Wildman–Crippen LogP) is 8.58. The molecule has 26 heavy (non-hydrogen) atoms. The van der Waals surface area contributed by atoms with E-state index in [1.165, 1.54) is 76.4 Å². The molecular weight excluding hydrogens is 565 g/mol. The van der Waals surface area contributed by atoms with Gasteiger partial charge in [0.1, 0.15) is 5.60 Å². The molecule has 1 aliphatic carbocycles. The van der Waals surface area contributed by atoms with Crippen molar-refractivity contribution in [1.82, 2.24) is 0 Å². The average molecular weight is 598 g/mol. The summed E-state index contributed by atoms with van der Waals surface area (Å²) in [6.45, 7) is 3.16. The zero-order chi connectivity index (χ0) is 18.7. The smallest absolute Gasteiger partial charge is 0.116 e. The maximum absolute atomic E-state index is 6.50. The maximum atomic E-state index is 6.50. The Morgan fingerprint density at radius 1 is 0.962 bits per heavy atom. The van der Waals surface area contributed by atoms with Crippen LogP contribution in [0.15, 0.2) is 30.4 Å². The topological polar surface area (TPSA) is 9.23 Å². The van der Waals surface area contributed by atoms with E-state index in [2.05, 4.69) is 82.5 Å². The summed E-state index contributed by atoms with van der Waals surface area (Å²) in [6, 6.07) is 2.35. The molecule has 0 saturated heterocycles. The molecule has 0 amide bonds. The second-order valence-electron chi connectivity index (χ2n) is 7.26. The third-order valence-electron chi connectivity index (χ3n) is 5.08. The number of rotatable bonds is 13. The van der Waals surface area contributed by atoms with Gasteiger partial charge in [-0.25, -0.2) is 0 Å². The van der Waals surface area contributed by atoms with Crippen LogP contribution in [0.1, 0.15) is 83.1 Å². The minimum atomic E-state index is -0.218. The normalized spacial score (nSPS) is 19.7. The molecule has 0 aromatic carbocycles. The van der Waals surface area contributed by atoms with Gasteiger partial charge in [-0.3, -0.25) is 0 Å². The summed E-state index contributed by atoms with van der Waals surface area (Å²) in [5.41, 5.74) is 1.18. The Balaban J connectivity index is 1.67. The van der Waals surface area contributed by atoms with Crippen LogP contribution in [0.5, 0.6) is 0 Å². The van der Waals surface area contributed by atoms with Crippen LogP contribution in [0.25, 0.3) is 0 Å². The highest BCUT2D eigenvalue weighted by Gasteiger charge is 2.33. The SMILES string of the molecule is CCCCCCCCCCCCOC1(c2cc(I)[pH]c2I)C=CC=CC1. The van der Waals surface area contributed by atoms with E-state index in [4.69, 9.17) is 4.74 Å². The van der Waals surface area contributed by atoms with Gasteiger partial charge in [-0.1, -0.05) is 82.9 Å². The monoisotopic (exact) mass is 598 g/mol. The Morgan fingerprint density at radius 3 is 2.15 bits per heavy atom. The Bertz CT molecular complexity index is 579. The molecule has 2 unspecified atom stereocenters. The number of halogens is 2. The molecule has 146 valence electrons. The fraction of sp³-hybridized carbons (Fsp3) is 0.636. The summed E-state index contributed by atoms with van der Waals surface area (Å²) in [5.74, 6) is 0. The van der Waals surface area contributed by atoms with Crippen molar-refractivity contribution in [3.8, 4) is 0 Å². The van der Waals surface area contributed by atoms with Crippen molar-refractivity contribution in [2.75, 3.05) is 6.61 Å². The molecule has 1 aliphatic rings. The first-order valence-corrected chi connectivity index (χ1v) is 13.4. The molecule has 2 atom stereocenters. The minimum absolute atomic E-state index is 0.218. The zero-order valence-corrected chi connectivity index (χ0v) is 21.4. The minimum Gasteiger partial charge on any atom is -0.366 e. The van der Waals surface area contributed by atoms with Crippen LogP contribution >= 0.6 is 53.4 Å². The molecule has 1 aromatic heterocycles. The van der Waals surface area contributed by atoms with Crippen molar-refractivity contribution >= 4 is 53.4 Å². The average Bonchev–Trinajstić information content (AvgIpc) is 2.99. The molecule has 0 aliphatic heterocycles. The van der Waals surface area contributed by atoms with E-state index in [1.807, 2.05) is 0 Å². The van der Waals surface area contributed by atoms with E-state index in [0.29, 0.717) is 0 Å². The molecule has 0 spiro atoms. The lowest BCUT2D eigenvalue weighted by molar-refractivity contribution is -0.0134. The molecule has 0 bridgehead atoms. The molecule has 0 saturated carbocycles. The van der Waals surface area contributed by atoms with Crippen LogP contribution in [0.3, 0.4) is 0 Å². The van der Waals surface area contributed by atoms with Gasteiger partial charge < -0.3 is 4.74 Å². The highest BCUT2D eigenvalue weighted by Crippen LogP contribution is 2.42. The van der Waals surface area contributed by atoms with Crippen molar-refractivity contribution in [2.45, 2.75) is 83.2 Å². The molecule has 0 radical (unpaired) electrons. The molecule has 0 N–H and O–H groups in total. The van der Waals surface area contributed by atoms with Gasteiger partial charge in [0.2, 0.25) is 0 Å². The van der Waals surface area contributed by atoms with Crippen molar-refractivity contribution in [3.05, 3.63) is 42.5 Å². The summed E-state index contributed by atoms with van der Waals surface area (Å²) < 4.78 is 9.42. The van der Waals surface area contributed by atoms with Gasteiger partial charge in [-0.05, 0) is 63.7 Å². The van der Waals surface area contributed by atoms with Crippen LogP contribution in [0.4, 0.5) is 0 Å². The van der Waals surface area contributed by atoms with Gasteiger partial charge in [0.15, 0.2) is 0 Å². The predicted molar refractivity (Wildman–Crippen MR) is 134 cm³/mol. The van der Waals surface area contributed by atoms with Gasteiger partial charge in [0.05, 0.1) is 0 Å². The van der Waals surface area contributed by atoms with Gasteiger partial charge >= 0.3 is 0 Å². The van der Waals surface area contributed by atoms with Gasteiger partial charge in [0.25, 0.3) is 0 Å². The van der Waals surface area contributed by atoms with E-state index >= 15 is 0 Å². The largest absolute Gasteiger partial charge is 0.366 e. The zero-order valence-electron chi connectivity index (χ0n) is 16.0. The highest BCUT2D eigenvalue weighted by atomic mass is 127. The molecule has 0 fully saturated rings. The van der Waals surface area contributed by atoms with Crippen LogP contribution in [0.2, 0.25) is 0 Å².